The van der Waals surface area contributed by atoms with Crippen LogP contribution in [0.4, 0.5) is 0 Å². The minimum atomic E-state index is -1.24. The average Bonchev–Trinajstić information content (AvgIpc) is 3.04. The van der Waals surface area contributed by atoms with Crippen LogP contribution in [-0.2, 0) is 47.4 Å². The van der Waals surface area contributed by atoms with Gasteiger partial charge in [-0.05, 0) is 48.0 Å². The second-order valence-electron chi connectivity index (χ2n) is 12.7. The van der Waals surface area contributed by atoms with Crippen LogP contribution in [0, 0.1) is 0 Å². The molecule has 12 heteroatoms. The second-order valence-corrected chi connectivity index (χ2v) is 12.7. The summed E-state index contributed by atoms with van der Waals surface area (Å²) in [5.41, 5.74) is 0. The van der Waals surface area contributed by atoms with E-state index in [4.69, 9.17) is 42.6 Å². The topological polar surface area (TPSA) is 123 Å². The minimum Gasteiger partial charge on any atom is -0.548 e. The van der Waals surface area contributed by atoms with Crippen molar-refractivity contribution < 1.29 is 82.1 Å². The second kappa shape index (κ2) is 36.9. The van der Waals surface area contributed by atoms with Gasteiger partial charge in [-0.3, -0.25) is 0 Å². The monoisotopic (exact) mass is 702 g/mol. The summed E-state index contributed by atoms with van der Waals surface area (Å²) in [6, 6.07) is 0. The molecule has 0 N–H and O–H groups in total. The van der Waals surface area contributed by atoms with Crippen molar-refractivity contribution in [1.82, 2.24) is 0 Å². The first-order valence-corrected chi connectivity index (χ1v) is 18.3. The fraction of sp³-hybridized carbons (Fsp3) is 0.972. The Morgan fingerprint density at radius 2 is 0.792 bits per heavy atom. The van der Waals surface area contributed by atoms with E-state index in [0.29, 0.717) is 59.5 Å². The average molecular weight is 703 g/mol. The fourth-order valence-corrected chi connectivity index (χ4v) is 4.41. The summed E-state index contributed by atoms with van der Waals surface area (Å²) in [4.78, 5) is 10.3. The smallest absolute Gasteiger partial charge is 0.548 e. The molecule has 0 rings (SSSR count). The molecule has 0 aromatic heterocycles. The van der Waals surface area contributed by atoms with Crippen LogP contribution < -0.4 is 34.7 Å². The number of carboxylic acids is 1. The van der Waals surface area contributed by atoms with Gasteiger partial charge in [-0.2, -0.15) is 0 Å². The van der Waals surface area contributed by atoms with E-state index in [1.165, 1.54) is 57.8 Å². The van der Waals surface area contributed by atoms with Crippen LogP contribution >= 0.6 is 0 Å². The van der Waals surface area contributed by atoms with Crippen LogP contribution in [-0.4, -0.2) is 122 Å². The van der Waals surface area contributed by atoms with Gasteiger partial charge in [0.2, 0.25) is 0 Å². The van der Waals surface area contributed by atoms with E-state index in [2.05, 4.69) is 6.92 Å². The van der Waals surface area contributed by atoms with Crippen molar-refractivity contribution in [2.24, 2.45) is 0 Å². The summed E-state index contributed by atoms with van der Waals surface area (Å²) in [5.74, 6) is -1.24. The number of carboxylic acid groups (broad SMARTS) is 1. The van der Waals surface area contributed by atoms with Gasteiger partial charge in [-0.1, -0.05) is 64.7 Å². The number of aliphatic carboxylic acids is 1. The normalized spacial score (nSPS) is 15.4. The molecule has 0 saturated heterocycles. The van der Waals surface area contributed by atoms with E-state index in [0.717, 1.165) is 13.0 Å². The molecule has 0 aromatic carbocycles. The first kappa shape index (κ1) is 50.2. The zero-order chi connectivity index (χ0) is 35.0. The van der Waals surface area contributed by atoms with Crippen LogP contribution in [0.3, 0.4) is 0 Å². The molecule has 0 amide bonds. The molecule has 0 fully saturated rings. The largest absolute Gasteiger partial charge is 1.00 e. The van der Waals surface area contributed by atoms with Crippen LogP contribution in [0.25, 0.3) is 0 Å². The van der Waals surface area contributed by atoms with Crippen molar-refractivity contribution in [3.63, 3.8) is 0 Å². The predicted octanol–water partition coefficient (Wildman–Crippen LogP) is 2.14. The zero-order valence-corrected chi connectivity index (χ0v) is 34.0. The standard InChI is InChI=1S/C36H72O11.Na/c1-8-9-10-11-12-13-14-15-16-17-18-40-23-30(2)43-25-32(4)45-27-34(6)47-28-35(7)46-26-33(5)44-24-31(3)42-22-21-39-19-20-41-29-36(37)38;/h30-35H,8-29H2,1-7H3,(H,37,38);/q;+1/p-1. The van der Waals surface area contributed by atoms with Gasteiger partial charge >= 0.3 is 29.6 Å². The van der Waals surface area contributed by atoms with Crippen LogP contribution in [0.2, 0.25) is 0 Å². The van der Waals surface area contributed by atoms with Crippen molar-refractivity contribution in [2.75, 3.05) is 79.3 Å². The van der Waals surface area contributed by atoms with Crippen LogP contribution in [0.1, 0.15) is 113 Å². The Kier molecular flexibility index (Phi) is 38.6. The molecule has 0 saturated carbocycles. The Labute approximate surface area is 315 Å². The molecule has 0 aliphatic carbocycles. The Morgan fingerprint density at radius 1 is 0.438 bits per heavy atom. The Balaban J connectivity index is 0. The van der Waals surface area contributed by atoms with Crippen molar-refractivity contribution in [2.45, 2.75) is 149 Å². The number of carbonyl (C=O) groups excluding carboxylic acids is 1. The molecule has 0 aliphatic rings. The maximum Gasteiger partial charge on any atom is 1.00 e. The van der Waals surface area contributed by atoms with Crippen molar-refractivity contribution in [3.8, 4) is 0 Å². The number of hydrogen-bond acceptors (Lipinski definition) is 11. The summed E-state index contributed by atoms with van der Waals surface area (Å²) in [6.07, 6.45) is 13.0. The Hall–Kier alpha value is 0.110. The van der Waals surface area contributed by atoms with Gasteiger partial charge in [0.1, 0.15) is 0 Å². The van der Waals surface area contributed by atoms with E-state index in [-0.39, 0.29) is 72.8 Å². The van der Waals surface area contributed by atoms with Gasteiger partial charge in [0.25, 0.3) is 0 Å². The third-order valence-corrected chi connectivity index (χ3v) is 7.29. The van der Waals surface area contributed by atoms with Gasteiger partial charge in [-0.15, -0.1) is 0 Å². The third-order valence-electron chi connectivity index (χ3n) is 7.29. The Morgan fingerprint density at radius 3 is 1.23 bits per heavy atom. The van der Waals surface area contributed by atoms with Crippen molar-refractivity contribution >= 4 is 5.97 Å². The maximum absolute atomic E-state index is 10.3. The molecule has 282 valence electrons. The van der Waals surface area contributed by atoms with Crippen LogP contribution in [0.15, 0.2) is 0 Å². The number of ether oxygens (including phenoxy) is 9. The first-order valence-electron chi connectivity index (χ1n) is 18.3. The van der Waals surface area contributed by atoms with Gasteiger partial charge in [0.05, 0.1) is 115 Å². The molecule has 0 radical (unpaired) electrons. The molecule has 0 spiro atoms. The van der Waals surface area contributed by atoms with Crippen molar-refractivity contribution in [1.29, 1.82) is 0 Å². The molecule has 6 atom stereocenters. The number of unbranched alkanes of at least 4 members (excludes halogenated alkanes) is 9. The zero-order valence-electron chi connectivity index (χ0n) is 32.0. The number of carbonyl (C=O) groups is 1. The SMILES string of the molecule is CCCCCCCCCCCCOCC(C)OCC(C)OCC(C)OCC(C)OCC(C)OCC(C)OCCOCCOCC(=O)[O-].[Na+]. The fourth-order valence-electron chi connectivity index (χ4n) is 4.41. The Bertz CT molecular complexity index is 676. The van der Waals surface area contributed by atoms with Gasteiger partial charge < -0.3 is 52.5 Å². The summed E-state index contributed by atoms with van der Waals surface area (Å²) >= 11 is 0. The molecule has 0 aliphatic heterocycles. The minimum absolute atomic E-state index is 0. The maximum atomic E-state index is 10.3. The molecule has 0 heterocycles. The van der Waals surface area contributed by atoms with Gasteiger partial charge in [0, 0.05) is 6.61 Å². The molecular formula is C36H71NaO11. The number of hydrogen-bond donors (Lipinski definition) is 0. The molecule has 0 bridgehead atoms. The summed E-state index contributed by atoms with van der Waals surface area (Å²) < 4.78 is 51.1. The number of rotatable bonds is 37. The molecule has 6 unspecified atom stereocenters. The van der Waals surface area contributed by atoms with E-state index in [9.17, 15) is 9.90 Å². The summed E-state index contributed by atoms with van der Waals surface area (Å²) in [7, 11) is 0. The predicted molar refractivity (Wildman–Crippen MR) is 182 cm³/mol. The van der Waals surface area contributed by atoms with Gasteiger partial charge in [-0.25, -0.2) is 0 Å². The molecule has 48 heavy (non-hydrogen) atoms. The quantitative estimate of drug-likeness (QED) is 0.0699. The van der Waals surface area contributed by atoms with E-state index in [1.54, 1.807) is 0 Å². The van der Waals surface area contributed by atoms with E-state index >= 15 is 0 Å². The summed E-state index contributed by atoms with van der Waals surface area (Å²) in [5, 5.41) is 10.3. The van der Waals surface area contributed by atoms with E-state index < -0.39 is 12.6 Å². The molecular weight excluding hydrogens is 631 g/mol. The van der Waals surface area contributed by atoms with E-state index in [1.807, 2.05) is 41.5 Å². The van der Waals surface area contributed by atoms with Crippen molar-refractivity contribution in [3.05, 3.63) is 0 Å². The third kappa shape index (κ3) is 37.4. The van der Waals surface area contributed by atoms with Crippen LogP contribution in [0.5, 0.6) is 0 Å². The molecule has 11 nitrogen and oxygen atoms in total. The first-order chi connectivity index (χ1) is 22.6. The summed E-state index contributed by atoms with van der Waals surface area (Å²) in [6.45, 7) is 18.8. The molecule has 0 aromatic rings. The van der Waals surface area contributed by atoms with Gasteiger partial charge in [0.15, 0.2) is 0 Å².